The summed E-state index contributed by atoms with van der Waals surface area (Å²) in [5.41, 5.74) is 19.2. The predicted molar refractivity (Wildman–Crippen MR) is 247 cm³/mol. The molecule has 0 saturated heterocycles. The van der Waals surface area contributed by atoms with Gasteiger partial charge < -0.3 is 9.80 Å². The molecule has 56 heavy (non-hydrogen) atoms. The molecular formula is C52H59BN2S. The standard InChI is InChI=1S/C52H59BN2S/c1-31-25-42-45-43(26-31)55(36-22-17-33(18-23-36)49(5,6)7)46-37-28-38-39(52(13,14)30-51(38,11)12)29-44(37)56-47(46)53(45)40-24-19-34(50(8,9)10)27-41(40)54(42)35-20-15-32(16-21-35)48(2,3)4/h15-29H,30H2,1-14H3. The first-order chi connectivity index (χ1) is 26.0. The average Bonchev–Trinajstić information content (AvgIpc) is 3.55. The van der Waals surface area contributed by atoms with Crippen molar-refractivity contribution in [2.24, 2.45) is 0 Å². The molecule has 3 heterocycles. The Morgan fingerprint density at radius 2 is 1.04 bits per heavy atom. The van der Waals surface area contributed by atoms with Crippen molar-refractivity contribution < 1.29 is 0 Å². The summed E-state index contributed by atoms with van der Waals surface area (Å²) in [4.78, 5) is 5.22. The van der Waals surface area contributed by atoms with Crippen LogP contribution in [-0.4, -0.2) is 6.71 Å². The number of hydrogen-bond acceptors (Lipinski definition) is 3. The molecule has 1 aromatic heterocycles. The molecule has 0 saturated carbocycles. The fourth-order valence-electron chi connectivity index (χ4n) is 10.3. The molecule has 0 fully saturated rings. The van der Waals surface area contributed by atoms with E-state index in [1.165, 1.54) is 93.3 Å². The molecule has 0 bridgehead atoms. The second kappa shape index (κ2) is 11.9. The number of hydrogen-bond donors (Lipinski definition) is 0. The Kier molecular flexibility index (Phi) is 7.92. The van der Waals surface area contributed by atoms with Gasteiger partial charge in [0.25, 0.3) is 6.71 Å². The summed E-state index contributed by atoms with van der Waals surface area (Å²) in [6, 6.07) is 36.3. The zero-order valence-electron chi connectivity index (χ0n) is 36.2. The Bertz CT molecular complexity index is 2570. The van der Waals surface area contributed by atoms with Crippen molar-refractivity contribution in [2.75, 3.05) is 9.80 Å². The molecule has 0 unspecified atom stereocenters. The SMILES string of the molecule is Cc1cc2c3c(c1)N(c1ccc(C(C)(C)C)cc1)c1c(sc4cc5c(cc14)C(C)(C)CC5(C)C)B3c1ccc(C(C)(C)C)cc1N2c1ccc(C(C)(C)C)cc1. The third-order valence-corrected chi connectivity index (χ3v) is 14.3. The van der Waals surface area contributed by atoms with E-state index in [0.29, 0.717) is 0 Å². The Balaban J connectivity index is 1.38. The molecule has 286 valence electrons. The van der Waals surface area contributed by atoms with Crippen molar-refractivity contribution in [3.05, 3.63) is 124 Å². The molecule has 0 amide bonds. The molecule has 2 aliphatic heterocycles. The molecule has 0 atom stereocenters. The second-order valence-corrected chi connectivity index (χ2v) is 22.7. The van der Waals surface area contributed by atoms with Crippen LogP contribution in [0.1, 0.15) is 130 Å². The molecule has 2 nitrogen and oxygen atoms in total. The van der Waals surface area contributed by atoms with E-state index in [0.717, 1.165) is 6.42 Å². The van der Waals surface area contributed by atoms with Crippen molar-refractivity contribution in [2.45, 2.75) is 130 Å². The quantitative estimate of drug-likeness (QED) is 0.162. The number of rotatable bonds is 2. The first kappa shape index (κ1) is 37.3. The van der Waals surface area contributed by atoms with E-state index in [4.69, 9.17) is 0 Å². The van der Waals surface area contributed by atoms with E-state index in [1.54, 1.807) is 0 Å². The van der Waals surface area contributed by atoms with Gasteiger partial charge in [0.05, 0.1) is 5.69 Å². The Labute approximate surface area is 341 Å². The summed E-state index contributed by atoms with van der Waals surface area (Å²) in [5.74, 6) is 0. The van der Waals surface area contributed by atoms with Gasteiger partial charge in [-0.1, -0.05) is 126 Å². The summed E-state index contributed by atoms with van der Waals surface area (Å²) < 4.78 is 2.85. The number of benzene rings is 5. The Morgan fingerprint density at radius 3 is 1.57 bits per heavy atom. The van der Waals surface area contributed by atoms with Gasteiger partial charge in [0.1, 0.15) is 0 Å². The zero-order valence-corrected chi connectivity index (χ0v) is 37.1. The average molecular weight is 755 g/mol. The topological polar surface area (TPSA) is 6.48 Å². The van der Waals surface area contributed by atoms with E-state index in [9.17, 15) is 0 Å². The van der Waals surface area contributed by atoms with Gasteiger partial charge in [-0.05, 0) is 139 Å². The monoisotopic (exact) mass is 754 g/mol. The van der Waals surface area contributed by atoms with Crippen LogP contribution in [0.15, 0.2) is 91.0 Å². The summed E-state index contributed by atoms with van der Waals surface area (Å²) >= 11 is 2.03. The second-order valence-electron chi connectivity index (χ2n) is 21.6. The van der Waals surface area contributed by atoms with Gasteiger partial charge in [-0.15, -0.1) is 11.3 Å². The lowest BCUT2D eigenvalue weighted by atomic mass is 9.36. The van der Waals surface area contributed by atoms with E-state index in [-0.39, 0.29) is 33.8 Å². The highest BCUT2D eigenvalue weighted by Gasteiger charge is 2.47. The normalized spacial score (nSPS) is 16.9. The Morgan fingerprint density at radius 1 is 0.554 bits per heavy atom. The van der Waals surface area contributed by atoms with Crippen LogP contribution >= 0.6 is 11.3 Å². The molecule has 6 aromatic rings. The van der Waals surface area contributed by atoms with Gasteiger partial charge in [-0.25, -0.2) is 0 Å². The molecule has 5 aromatic carbocycles. The first-order valence-corrected chi connectivity index (χ1v) is 21.6. The van der Waals surface area contributed by atoms with Crippen LogP contribution in [0.4, 0.5) is 34.1 Å². The summed E-state index contributed by atoms with van der Waals surface area (Å²) in [7, 11) is 0. The molecule has 9 rings (SSSR count). The smallest absolute Gasteiger partial charge is 0.264 e. The molecule has 0 radical (unpaired) electrons. The van der Waals surface area contributed by atoms with Crippen LogP contribution < -0.4 is 25.5 Å². The lowest BCUT2D eigenvalue weighted by molar-refractivity contribution is 0.403. The minimum absolute atomic E-state index is 0.0142. The molecule has 0 N–H and O–H groups in total. The van der Waals surface area contributed by atoms with Crippen LogP contribution in [0, 0.1) is 6.92 Å². The highest BCUT2D eigenvalue weighted by Crippen LogP contribution is 2.54. The van der Waals surface area contributed by atoms with E-state index in [1.807, 2.05) is 11.3 Å². The predicted octanol–water partition coefficient (Wildman–Crippen LogP) is 13.1. The van der Waals surface area contributed by atoms with Gasteiger partial charge in [-0.3, -0.25) is 0 Å². The summed E-state index contributed by atoms with van der Waals surface area (Å²) in [5, 5.41) is 1.39. The van der Waals surface area contributed by atoms with Crippen molar-refractivity contribution in [3.63, 3.8) is 0 Å². The van der Waals surface area contributed by atoms with Crippen LogP contribution in [0.2, 0.25) is 0 Å². The molecular weight excluding hydrogens is 695 g/mol. The van der Waals surface area contributed by atoms with Crippen LogP contribution in [-0.2, 0) is 27.1 Å². The number of nitrogens with zero attached hydrogens (tertiary/aromatic N) is 2. The maximum atomic E-state index is 2.64. The fourth-order valence-corrected chi connectivity index (χ4v) is 11.6. The van der Waals surface area contributed by atoms with Crippen molar-refractivity contribution in [1.82, 2.24) is 0 Å². The van der Waals surface area contributed by atoms with E-state index in [2.05, 4.69) is 198 Å². The number of anilines is 6. The van der Waals surface area contributed by atoms with Gasteiger partial charge in [0, 0.05) is 43.3 Å². The molecule has 0 spiro atoms. The van der Waals surface area contributed by atoms with Gasteiger partial charge in [0.2, 0.25) is 0 Å². The van der Waals surface area contributed by atoms with Crippen LogP contribution in [0.3, 0.4) is 0 Å². The highest BCUT2D eigenvalue weighted by molar-refractivity contribution is 7.33. The maximum absolute atomic E-state index is 2.64. The van der Waals surface area contributed by atoms with E-state index >= 15 is 0 Å². The van der Waals surface area contributed by atoms with Crippen LogP contribution in [0.5, 0.6) is 0 Å². The Hall–Kier alpha value is -4.28. The number of aryl methyl sites for hydroxylation is 1. The van der Waals surface area contributed by atoms with Crippen molar-refractivity contribution in [1.29, 1.82) is 0 Å². The lowest BCUT2D eigenvalue weighted by Gasteiger charge is -2.44. The highest BCUT2D eigenvalue weighted by atomic mass is 32.1. The molecule has 3 aliphatic rings. The fraction of sp³-hybridized carbons (Fsp3) is 0.385. The molecule has 1 aliphatic carbocycles. The minimum Gasteiger partial charge on any atom is -0.311 e. The lowest BCUT2D eigenvalue weighted by Crippen LogP contribution is -2.60. The zero-order chi connectivity index (χ0) is 40.1. The van der Waals surface area contributed by atoms with Crippen LogP contribution in [0.25, 0.3) is 10.1 Å². The summed E-state index contributed by atoms with van der Waals surface area (Å²) in [6.07, 6.45) is 1.16. The minimum atomic E-state index is 0.0142. The van der Waals surface area contributed by atoms with Crippen molar-refractivity contribution in [3.8, 4) is 0 Å². The maximum Gasteiger partial charge on any atom is 0.264 e. The van der Waals surface area contributed by atoms with Gasteiger partial charge >= 0.3 is 0 Å². The number of fused-ring (bicyclic) bond motifs is 7. The third kappa shape index (κ3) is 5.64. The largest absolute Gasteiger partial charge is 0.311 e. The third-order valence-electron chi connectivity index (χ3n) is 13.1. The first-order valence-electron chi connectivity index (χ1n) is 20.8. The van der Waals surface area contributed by atoms with E-state index < -0.39 is 0 Å². The van der Waals surface area contributed by atoms with Gasteiger partial charge in [0.15, 0.2) is 0 Å². The van der Waals surface area contributed by atoms with Crippen molar-refractivity contribution >= 4 is 78.0 Å². The number of thiophene rings is 1. The molecule has 4 heteroatoms. The van der Waals surface area contributed by atoms with Gasteiger partial charge in [-0.2, -0.15) is 0 Å². The summed E-state index contributed by atoms with van der Waals surface area (Å²) in [6.45, 7) is 33.0.